The largest absolute Gasteiger partial charge is 0.398 e. The molecule has 0 spiro atoms. The number of anilines is 1. The molecule has 1 unspecified atom stereocenters. The van der Waals surface area contributed by atoms with Crippen molar-refractivity contribution in [3.63, 3.8) is 0 Å². The molecule has 0 saturated carbocycles. The smallest absolute Gasteiger partial charge is 0.123 e. The quantitative estimate of drug-likeness (QED) is 0.780. The third kappa shape index (κ3) is 2.42. The Balaban J connectivity index is 2.43. The average Bonchev–Trinajstić information content (AvgIpc) is 2.31. The summed E-state index contributed by atoms with van der Waals surface area (Å²) in [6, 6.07) is 5.74. The summed E-state index contributed by atoms with van der Waals surface area (Å²) in [7, 11) is 0. The molecule has 0 amide bonds. The topological polar surface area (TPSA) is 59.1 Å². The summed E-state index contributed by atoms with van der Waals surface area (Å²) in [5.74, 6) is -0.422. The van der Waals surface area contributed by atoms with Gasteiger partial charge in [-0.25, -0.2) is 4.39 Å². The Hall–Kier alpha value is -1.94. The fraction of sp³-hybridized carbons (Fsp3) is 0.154. The highest BCUT2D eigenvalue weighted by Gasteiger charge is 2.14. The van der Waals surface area contributed by atoms with E-state index in [1.807, 2.05) is 6.92 Å². The number of nitrogen functional groups attached to an aromatic ring is 1. The van der Waals surface area contributed by atoms with Crippen LogP contribution in [-0.2, 0) is 0 Å². The number of benzene rings is 1. The number of aliphatic hydroxyl groups excluding tert-OH is 1. The lowest BCUT2D eigenvalue weighted by molar-refractivity contribution is 0.220. The number of aromatic nitrogens is 1. The van der Waals surface area contributed by atoms with E-state index in [1.165, 1.54) is 18.2 Å². The van der Waals surface area contributed by atoms with Gasteiger partial charge in [0, 0.05) is 29.2 Å². The Kier molecular flexibility index (Phi) is 3.06. The number of rotatable bonds is 2. The van der Waals surface area contributed by atoms with Crippen LogP contribution in [0.5, 0.6) is 0 Å². The molecular weight excluding hydrogens is 219 g/mol. The highest BCUT2D eigenvalue weighted by Crippen LogP contribution is 2.27. The van der Waals surface area contributed by atoms with E-state index >= 15 is 0 Å². The molecule has 2 rings (SSSR count). The van der Waals surface area contributed by atoms with Crippen LogP contribution in [0.3, 0.4) is 0 Å². The molecule has 3 nitrogen and oxygen atoms in total. The number of halogens is 1. The zero-order chi connectivity index (χ0) is 12.4. The van der Waals surface area contributed by atoms with Crippen LogP contribution in [0, 0.1) is 12.7 Å². The first-order valence-electron chi connectivity index (χ1n) is 5.22. The molecule has 1 atom stereocenters. The molecule has 1 aromatic carbocycles. The molecule has 17 heavy (non-hydrogen) atoms. The Morgan fingerprint density at radius 1 is 1.29 bits per heavy atom. The van der Waals surface area contributed by atoms with E-state index in [0.717, 1.165) is 5.56 Å². The summed E-state index contributed by atoms with van der Waals surface area (Å²) in [6.45, 7) is 1.87. The van der Waals surface area contributed by atoms with Gasteiger partial charge in [0.15, 0.2) is 0 Å². The van der Waals surface area contributed by atoms with Gasteiger partial charge in [-0.3, -0.25) is 4.98 Å². The van der Waals surface area contributed by atoms with Crippen LogP contribution in [0.15, 0.2) is 36.7 Å². The molecule has 3 N–H and O–H groups in total. The van der Waals surface area contributed by atoms with Crippen molar-refractivity contribution >= 4 is 5.69 Å². The monoisotopic (exact) mass is 232 g/mol. The van der Waals surface area contributed by atoms with E-state index in [-0.39, 0.29) is 0 Å². The zero-order valence-electron chi connectivity index (χ0n) is 9.39. The normalized spacial score (nSPS) is 12.4. The van der Waals surface area contributed by atoms with Crippen LogP contribution in [0.4, 0.5) is 10.1 Å². The van der Waals surface area contributed by atoms with Crippen LogP contribution in [0.2, 0.25) is 0 Å². The molecule has 0 radical (unpaired) electrons. The van der Waals surface area contributed by atoms with Gasteiger partial charge in [0.2, 0.25) is 0 Å². The number of hydrogen-bond acceptors (Lipinski definition) is 3. The Bertz CT molecular complexity index is 543. The first-order valence-corrected chi connectivity index (χ1v) is 5.22. The van der Waals surface area contributed by atoms with Crippen LogP contribution in [0.1, 0.15) is 22.8 Å². The van der Waals surface area contributed by atoms with E-state index in [0.29, 0.717) is 16.8 Å². The summed E-state index contributed by atoms with van der Waals surface area (Å²) in [4.78, 5) is 3.99. The third-order valence-electron chi connectivity index (χ3n) is 2.56. The summed E-state index contributed by atoms with van der Waals surface area (Å²) in [5, 5.41) is 10.1. The zero-order valence-corrected chi connectivity index (χ0v) is 9.39. The number of hydrogen-bond donors (Lipinski definition) is 2. The molecule has 2 aromatic rings. The van der Waals surface area contributed by atoms with E-state index in [9.17, 15) is 9.50 Å². The van der Waals surface area contributed by atoms with Crippen LogP contribution < -0.4 is 5.73 Å². The molecule has 88 valence electrons. The summed E-state index contributed by atoms with van der Waals surface area (Å²) >= 11 is 0. The van der Waals surface area contributed by atoms with Crippen molar-refractivity contribution in [2.24, 2.45) is 0 Å². The van der Waals surface area contributed by atoms with E-state index in [2.05, 4.69) is 4.98 Å². The highest BCUT2D eigenvalue weighted by atomic mass is 19.1. The number of pyridine rings is 1. The first-order chi connectivity index (χ1) is 8.08. The fourth-order valence-electron chi connectivity index (χ4n) is 1.69. The third-order valence-corrected chi connectivity index (χ3v) is 2.56. The minimum absolute atomic E-state index is 0.359. The van der Waals surface area contributed by atoms with Gasteiger partial charge in [-0.15, -0.1) is 0 Å². The number of aliphatic hydroxyl groups is 1. The Labute approximate surface area is 98.7 Å². The van der Waals surface area contributed by atoms with Gasteiger partial charge in [-0.2, -0.15) is 0 Å². The van der Waals surface area contributed by atoms with Gasteiger partial charge in [0.1, 0.15) is 11.9 Å². The van der Waals surface area contributed by atoms with Crippen molar-refractivity contribution in [2.75, 3.05) is 5.73 Å². The van der Waals surface area contributed by atoms with Crippen molar-refractivity contribution < 1.29 is 9.50 Å². The van der Waals surface area contributed by atoms with Gasteiger partial charge in [0.25, 0.3) is 0 Å². The highest BCUT2D eigenvalue weighted by molar-refractivity contribution is 5.50. The van der Waals surface area contributed by atoms with E-state index < -0.39 is 11.9 Å². The second kappa shape index (κ2) is 4.51. The summed E-state index contributed by atoms with van der Waals surface area (Å²) in [5.41, 5.74) is 7.97. The van der Waals surface area contributed by atoms with E-state index in [4.69, 9.17) is 5.73 Å². The van der Waals surface area contributed by atoms with Gasteiger partial charge in [-0.1, -0.05) is 6.07 Å². The fourth-order valence-corrected chi connectivity index (χ4v) is 1.69. The molecule has 1 aromatic heterocycles. The molecule has 0 saturated heterocycles. The molecule has 0 aliphatic heterocycles. The van der Waals surface area contributed by atoms with Crippen molar-refractivity contribution in [2.45, 2.75) is 13.0 Å². The van der Waals surface area contributed by atoms with Crippen LogP contribution in [0.25, 0.3) is 0 Å². The lowest BCUT2D eigenvalue weighted by Gasteiger charge is -2.14. The summed E-state index contributed by atoms with van der Waals surface area (Å²) < 4.78 is 13.1. The van der Waals surface area contributed by atoms with Crippen molar-refractivity contribution in [3.05, 3.63) is 59.2 Å². The second-order valence-corrected chi connectivity index (χ2v) is 3.97. The second-order valence-electron chi connectivity index (χ2n) is 3.97. The maximum absolute atomic E-state index is 13.1. The Morgan fingerprint density at radius 3 is 2.76 bits per heavy atom. The average molecular weight is 232 g/mol. The minimum atomic E-state index is -0.960. The predicted molar refractivity (Wildman–Crippen MR) is 63.8 cm³/mol. The van der Waals surface area contributed by atoms with Crippen molar-refractivity contribution in [3.8, 4) is 0 Å². The molecule has 0 aliphatic carbocycles. The van der Waals surface area contributed by atoms with Crippen LogP contribution in [-0.4, -0.2) is 10.1 Å². The minimum Gasteiger partial charge on any atom is -0.398 e. The van der Waals surface area contributed by atoms with Gasteiger partial charge in [-0.05, 0) is 30.7 Å². The Morgan fingerprint density at radius 2 is 2.06 bits per heavy atom. The molecule has 1 heterocycles. The van der Waals surface area contributed by atoms with Gasteiger partial charge in [0.05, 0.1) is 0 Å². The standard InChI is InChI=1S/C13H13FN2O/c1-8-4-9(7-16-6-8)13(17)11-5-10(14)2-3-12(11)15/h2-7,13,17H,15H2,1H3. The molecule has 4 heteroatoms. The number of aryl methyl sites for hydroxylation is 1. The van der Waals surface area contributed by atoms with Gasteiger partial charge >= 0.3 is 0 Å². The van der Waals surface area contributed by atoms with Gasteiger partial charge < -0.3 is 10.8 Å². The first kappa shape index (κ1) is 11.5. The predicted octanol–water partition coefficient (Wildman–Crippen LogP) is 2.19. The van der Waals surface area contributed by atoms with Crippen molar-refractivity contribution in [1.82, 2.24) is 4.98 Å². The molecule has 0 fully saturated rings. The van der Waals surface area contributed by atoms with E-state index in [1.54, 1.807) is 18.5 Å². The molecule has 0 aliphatic rings. The molecule has 0 bridgehead atoms. The number of nitrogens with zero attached hydrogens (tertiary/aromatic N) is 1. The lowest BCUT2D eigenvalue weighted by Crippen LogP contribution is -2.05. The van der Waals surface area contributed by atoms with Crippen LogP contribution >= 0.6 is 0 Å². The lowest BCUT2D eigenvalue weighted by atomic mass is 10.0. The molecular formula is C13H13FN2O. The maximum Gasteiger partial charge on any atom is 0.123 e. The SMILES string of the molecule is Cc1cncc(C(O)c2cc(F)ccc2N)c1. The summed E-state index contributed by atoms with van der Waals surface area (Å²) in [6.07, 6.45) is 2.27. The number of nitrogens with two attached hydrogens (primary N) is 1. The van der Waals surface area contributed by atoms with Crippen molar-refractivity contribution in [1.29, 1.82) is 0 Å². The maximum atomic E-state index is 13.1.